The van der Waals surface area contributed by atoms with E-state index in [1.54, 1.807) is 11.3 Å². The smallest absolute Gasteiger partial charge is 0.0711 e. The molecule has 2 aromatic rings. The molecule has 12 heavy (non-hydrogen) atoms. The number of rotatable bonds is 0. The summed E-state index contributed by atoms with van der Waals surface area (Å²) in [5.74, 6) is 0. The van der Waals surface area contributed by atoms with Crippen LogP contribution in [0.2, 0.25) is 0 Å². The van der Waals surface area contributed by atoms with E-state index < -0.39 is 0 Å². The first kappa shape index (κ1) is 9.06. The normalized spacial score (nSPS) is 10.9. The van der Waals surface area contributed by atoms with E-state index in [-0.39, 0.29) is 0 Å². The lowest BCUT2D eigenvalue weighted by atomic mass is 10.3. The molecule has 0 aliphatic rings. The minimum atomic E-state index is 1.03. The Morgan fingerprint density at radius 2 is 2.00 bits per heavy atom. The fraction of sp³-hybridized carbons (Fsp3) is 0. The van der Waals surface area contributed by atoms with Crippen LogP contribution in [0.25, 0.3) is 10.1 Å². The van der Waals surface area contributed by atoms with E-state index in [9.17, 15) is 0 Å². The van der Waals surface area contributed by atoms with Crippen molar-refractivity contribution in [2.45, 2.75) is 4.90 Å². The molecular weight excluding hydrogens is 320 g/mol. The Labute approximate surface area is 96.6 Å². The van der Waals surface area contributed by atoms with Gasteiger partial charge in [0.05, 0.1) is 3.79 Å². The average Bonchev–Trinajstić information content (AvgIpc) is 2.41. The molecule has 0 amide bonds. The number of benzene rings is 1. The van der Waals surface area contributed by atoms with Crippen molar-refractivity contribution >= 4 is 65.9 Å². The van der Waals surface area contributed by atoms with Crippen molar-refractivity contribution in [3.8, 4) is 0 Å². The van der Waals surface area contributed by atoms with Crippen LogP contribution in [0.4, 0.5) is 0 Å². The lowest BCUT2D eigenvalue weighted by molar-refractivity contribution is 1.59. The van der Waals surface area contributed by atoms with Gasteiger partial charge in [0.1, 0.15) is 0 Å². The molecule has 0 nitrogen and oxygen atoms in total. The molecule has 2 rings (SSSR count). The third kappa shape index (κ3) is 1.45. The monoisotopic (exact) mass is 322 g/mol. The van der Waals surface area contributed by atoms with Crippen LogP contribution in [0.3, 0.4) is 0 Å². The van der Waals surface area contributed by atoms with Crippen molar-refractivity contribution < 1.29 is 0 Å². The lowest BCUT2D eigenvalue weighted by Crippen LogP contribution is -1.68. The molecule has 0 aliphatic carbocycles. The van der Waals surface area contributed by atoms with E-state index in [0.717, 1.165) is 13.2 Å². The van der Waals surface area contributed by atoms with Gasteiger partial charge < -0.3 is 0 Å². The second-order valence-corrected chi connectivity index (χ2v) is 6.13. The van der Waals surface area contributed by atoms with Gasteiger partial charge in [-0.1, -0.05) is 15.9 Å². The van der Waals surface area contributed by atoms with Crippen LogP contribution in [-0.2, 0) is 0 Å². The largest absolute Gasteiger partial charge is 0.142 e. The highest BCUT2D eigenvalue weighted by Crippen LogP contribution is 2.37. The fourth-order valence-electron chi connectivity index (χ4n) is 1.05. The summed E-state index contributed by atoms with van der Waals surface area (Å²) in [5.41, 5.74) is 0. The van der Waals surface area contributed by atoms with Crippen molar-refractivity contribution in [1.29, 1.82) is 0 Å². The van der Waals surface area contributed by atoms with Gasteiger partial charge in [-0.3, -0.25) is 0 Å². The molecule has 62 valence electrons. The maximum Gasteiger partial charge on any atom is 0.0711 e. The van der Waals surface area contributed by atoms with Gasteiger partial charge in [0.15, 0.2) is 0 Å². The van der Waals surface area contributed by atoms with Gasteiger partial charge in [0.2, 0.25) is 0 Å². The highest BCUT2D eigenvalue weighted by molar-refractivity contribution is 9.11. The van der Waals surface area contributed by atoms with Crippen molar-refractivity contribution in [3.05, 3.63) is 26.5 Å². The highest BCUT2D eigenvalue weighted by Gasteiger charge is 2.05. The van der Waals surface area contributed by atoms with Gasteiger partial charge in [-0.05, 0) is 34.1 Å². The van der Waals surface area contributed by atoms with Crippen molar-refractivity contribution in [2.24, 2.45) is 0 Å². The number of hydrogen-bond acceptors (Lipinski definition) is 2. The van der Waals surface area contributed by atoms with Crippen LogP contribution in [0, 0.1) is 0 Å². The van der Waals surface area contributed by atoms with Gasteiger partial charge >= 0.3 is 0 Å². The first-order valence-electron chi connectivity index (χ1n) is 3.25. The molecule has 1 heterocycles. The summed E-state index contributed by atoms with van der Waals surface area (Å²) in [5, 5.41) is 1.22. The van der Waals surface area contributed by atoms with Crippen molar-refractivity contribution in [1.82, 2.24) is 0 Å². The summed E-state index contributed by atoms with van der Waals surface area (Å²) < 4.78 is 3.48. The number of fused-ring (bicyclic) bond motifs is 1. The first-order chi connectivity index (χ1) is 5.68. The zero-order valence-electron chi connectivity index (χ0n) is 5.84. The molecule has 1 aromatic carbocycles. The summed E-state index contributed by atoms with van der Waals surface area (Å²) in [7, 11) is 0. The quantitative estimate of drug-likeness (QED) is 0.667. The Kier molecular flexibility index (Phi) is 2.51. The Balaban J connectivity index is 2.93. The second kappa shape index (κ2) is 3.33. The maximum absolute atomic E-state index is 4.38. The van der Waals surface area contributed by atoms with Crippen LogP contribution in [0.1, 0.15) is 0 Å². The summed E-state index contributed by atoms with van der Waals surface area (Å²) in [6, 6.07) is 6.12. The van der Waals surface area contributed by atoms with Gasteiger partial charge in [-0.2, -0.15) is 0 Å². The fourth-order valence-corrected chi connectivity index (χ4v) is 3.49. The number of halogens is 2. The van der Waals surface area contributed by atoms with Crippen LogP contribution in [-0.4, -0.2) is 0 Å². The predicted molar refractivity (Wildman–Crippen MR) is 64.5 cm³/mol. The Bertz CT molecular complexity index is 395. The highest BCUT2D eigenvalue weighted by atomic mass is 79.9. The molecule has 4 heteroatoms. The lowest BCUT2D eigenvalue weighted by Gasteiger charge is -1.95. The molecule has 0 aliphatic heterocycles. The third-order valence-electron chi connectivity index (χ3n) is 1.58. The van der Waals surface area contributed by atoms with Crippen LogP contribution >= 0.6 is 55.8 Å². The summed E-state index contributed by atoms with van der Waals surface area (Å²) in [4.78, 5) is 1.03. The minimum absolute atomic E-state index is 1.03. The molecule has 1 aromatic heterocycles. The summed E-state index contributed by atoms with van der Waals surface area (Å²) in [6.45, 7) is 0. The van der Waals surface area contributed by atoms with E-state index in [4.69, 9.17) is 0 Å². The first-order valence-corrected chi connectivity index (χ1v) is 6.10. The summed E-state index contributed by atoms with van der Waals surface area (Å²) >= 11 is 13.0. The van der Waals surface area contributed by atoms with E-state index in [1.807, 2.05) is 12.1 Å². The van der Waals surface area contributed by atoms with E-state index in [0.29, 0.717) is 0 Å². The molecule has 0 radical (unpaired) electrons. The van der Waals surface area contributed by atoms with Crippen LogP contribution in [0.15, 0.2) is 31.4 Å². The van der Waals surface area contributed by atoms with Crippen molar-refractivity contribution in [3.63, 3.8) is 0 Å². The molecule has 0 atom stereocenters. The standard InChI is InChI=1S/C8H4Br2S2/c9-5-1-2-6(11)8-4(5)3-7(10)12-8/h1-3,11H. The maximum atomic E-state index is 4.38. The molecule has 0 saturated heterocycles. The zero-order chi connectivity index (χ0) is 8.72. The Hall–Kier alpha value is 0.490. The van der Waals surface area contributed by atoms with Gasteiger partial charge in [0, 0.05) is 19.5 Å². The molecule has 0 saturated carbocycles. The number of thiophene rings is 1. The summed E-state index contributed by atoms with van der Waals surface area (Å²) in [6.07, 6.45) is 0. The van der Waals surface area contributed by atoms with E-state index in [2.05, 4.69) is 50.6 Å². The topological polar surface area (TPSA) is 0 Å². The zero-order valence-corrected chi connectivity index (χ0v) is 10.7. The van der Waals surface area contributed by atoms with Crippen LogP contribution < -0.4 is 0 Å². The van der Waals surface area contributed by atoms with E-state index >= 15 is 0 Å². The SMILES string of the molecule is Sc1ccc(Br)c2cc(Br)sc12. The number of hydrogen-bond donors (Lipinski definition) is 1. The Morgan fingerprint density at radius 3 is 2.67 bits per heavy atom. The number of thiol groups is 1. The molecule has 0 bridgehead atoms. The van der Waals surface area contributed by atoms with Crippen molar-refractivity contribution in [2.75, 3.05) is 0 Å². The molecule has 0 unspecified atom stereocenters. The van der Waals surface area contributed by atoms with Gasteiger partial charge in [0.25, 0.3) is 0 Å². The predicted octanol–water partition coefficient (Wildman–Crippen LogP) is 4.72. The second-order valence-electron chi connectivity index (χ2n) is 2.36. The molecule has 0 N–H and O–H groups in total. The van der Waals surface area contributed by atoms with Gasteiger partial charge in [-0.25, -0.2) is 0 Å². The third-order valence-corrected chi connectivity index (χ3v) is 4.47. The minimum Gasteiger partial charge on any atom is -0.142 e. The average molecular weight is 324 g/mol. The Morgan fingerprint density at radius 1 is 1.25 bits per heavy atom. The molecular formula is C8H4Br2S2. The van der Waals surface area contributed by atoms with Crippen LogP contribution in [0.5, 0.6) is 0 Å². The van der Waals surface area contributed by atoms with Gasteiger partial charge in [-0.15, -0.1) is 24.0 Å². The van der Waals surface area contributed by atoms with E-state index in [1.165, 1.54) is 10.1 Å². The molecule has 0 spiro atoms. The molecule has 0 fully saturated rings.